The molecule has 0 aliphatic rings. The molecule has 0 fully saturated rings. The summed E-state index contributed by atoms with van der Waals surface area (Å²) in [6, 6.07) is 0. The fourth-order valence-electron chi connectivity index (χ4n) is 0.521. The molecule has 15 heavy (non-hydrogen) atoms. The summed E-state index contributed by atoms with van der Waals surface area (Å²) in [5, 5.41) is 6.17. The molecule has 1 N–H and O–H groups in total. The first-order chi connectivity index (χ1) is 7.12. The fourth-order valence-corrected chi connectivity index (χ4v) is 1.22. The number of rotatable bonds is 8. The fraction of sp³-hybridized carbons (Fsp3) is 1.00. The summed E-state index contributed by atoms with van der Waals surface area (Å²) in [6.07, 6.45) is 0. The van der Waals surface area contributed by atoms with Crippen LogP contribution in [-0.4, -0.2) is 31.2 Å². The van der Waals surface area contributed by atoms with Gasteiger partial charge in [0.05, 0.1) is 13.2 Å². The molecule has 0 radical (unpaired) electrons. The Labute approximate surface area is 84.7 Å². The average molecular weight is 236 g/mol. The third-order valence-corrected chi connectivity index (χ3v) is 2.04. The van der Waals surface area contributed by atoms with Crippen LogP contribution in [0.5, 0.6) is 0 Å². The first-order valence-corrected chi connectivity index (χ1v) is 5.25. The van der Waals surface area contributed by atoms with Crippen LogP contribution in [0.25, 0.3) is 20.9 Å². The van der Waals surface area contributed by atoms with Crippen molar-refractivity contribution in [3.8, 4) is 0 Å². The van der Waals surface area contributed by atoms with Crippen molar-refractivity contribution < 1.29 is 18.5 Å². The summed E-state index contributed by atoms with van der Waals surface area (Å²) in [4.78, 5) is 13.8. The van der Waals surface area contributed by atoms with Gasteiger partial charge in [-0.05, 0) is 11.1 Å². The molecule has 0 saturated carbocycles. The van der Waals surface area contributed by atoms with E-state index in [1.54, 1.807) is 0 Å². The Hall–Kier alpha value is -1.27. The van der Waals surface area contributed by atoms with Crippen molar-refractivity contribution >= 4 is 7.82 Å². The van der Waals surface area contributed by atoms with Crippen molar-refractivity contribution in [2.75, 3.05) is 26.3 Å². The molecular weight excluding hydrogens is 227 g/mol. The third kappa shape index (κ3) is 9.04. The minimum atomic E-state index is -4.14. The van der Waals surface area contributed by atoms with Crippen molar-refractivity contribution in [3.63, 3.8) is 0 Å². The van der Waals surface area contributed by atoms with E-state index in [4.69, 9.17) is 16.0 Å². The molecule has 0 aromatic carbocycles. The van der Waals surface area contributed by atoms with Crippen LogP contribution in [-0.2, 0) is 13.6 Å². The highest BCUT2D eigenvalue weighted by molar-refractivity contribution is 7.47. The summed E-state index contributed by atoms with van der Waals surface area (Å²) < 4.78 is 19.8. The molecule has 0 atom stereocenters. The topological polar surface area (TPSA) is 153 Å². The maximum absolute atomic E-state index is 11.0. The van der Waals surface area contributed by atoms with Crippen LogP contribution >= 0.6 is 7.82 Å². The first-order valence-electron chi connectivity index (χ1n) is 3.76. The van der Waals surface area contributed by atoms with Gasteiger partial charge in [-0.15, -0.1) is 0 Å². The molecule has 11 heteroatoms. The van der Waals surface area contributed by atoms with E-state index < -0.39 is 7.82 Å². The molecule has 0 bridgehead atoms. The zero-order chi connectivity index (χ0) is 11.6. The normalized spacial score (nSPS) is 13.4. The van der Waals surface area contributed by atoms with Gasteiger partial charge in [-0.1, -0.05) is 10.2 Å². The van der Waals surface area contributed by atoms with Gasteiger partial charge in [0.2, 0.25) is 0 Å². The van der Waals surface area contributed by atoms with E-state index in [0.717, 1.165) is 0 Å². The van der Waals surface area contributed by atoms with Gasteiger partial charge in [0, 0.05) is 22.9 Å². The van der Waals surface area contributed by atoms with Crippen molar-refractivity contribution in [1.82, 2.24) is 0 Å². The van der Waals surface area contributed by atoms with Crippen LogP contribution < -0.4 is 0 Å². The molecule has 0 unspecified atom stereocenters. The number of phosphoric acid groups is 1. The van der Waals surface area contributed by atoms with Crippen LogP contribution in [0.15, 0.2) is 10.2 Å². The van der Waals surface area contributed by atoms with Crippen LogP contribution in [0.4, 0.5) is 0 Å². The standard InChI is InChI=1S/C4H9N6O4P/c5-9-7-1-3-13-15(11,12)14-4-2-8-10-6/h1-4H2,(H,11,12). The van der Waals surface area contributed by atoms with Gasteiger partial charge in [-0.2, -0.15) is 0 Å². The second-order valence-electron chi connectivity index (χ2n) is 2.04. The Morgan fingerprint density at radius 1 is 1.13 bits per heavy atom. The van der Waals surface area contributed by atoms with E-state index in [9.17, 15) is 4.57 Å². The zero-order valence-corrected chi connectivity index (χ0v) is 8.53. The van der Waals surface area contributed by atoms with Gasteiger partial charge in [0.1, 0.15) is 0 Å². The summed E-state index contributed by atoms with van der Waals surface area (Å²) in [7, 11) is -4.14. The Morgan fingerprint density at radius 3 is 1.87 bits per heavy atom. The van der Waals surface area contributed by atoms with Gasteiger partial charge in [0.15, 0.2) is 0 Å². The molecule has 84 valence electrons. The maximum atomic E-state index is 11.0. The summed E-state index contributed by atoms with van der Waals surface area (Å²) in [6.45, 7) is -0.583. The maximum Gasteiger partial charge on any atom is 0.472 e. The first kappa shape index (κ1) is 13.7. The lowest BCUT2D eigenvalue weighted by Gasteiger charge is -2.09. The van der Waals surface area contributed by atoms with Crippen LogP contribution in [0, 0.1) is 0 Å². The van der Waals surface area contributed by atoms with E-state index in [0.29, 0.717) is 0 Å². The number of hydrogen-bond acceptors (Lipinski definition) is 5. The van der Waals surface area contributed by atoms with Crippen LogP contribution in [0.2, 0.25) is 0 Å². The summed E-state index contributed by atoms with van der Waals surface area (Å²) >= 11 is 0. The average Bonchev–Trinajstić information content (AvgIpc) is 2.20. The minimum absolute atomic E-state index is 0.0687. The Kier molecular flexibility index (Phi) is 7.39. The Bertz CT molecular complexity index is 293. The molecule has 0 aromatic rings. The molecule has 0 heterocycles. The number of nitrogens with zero attached hydrogens (tertiary/aromatic N) is 6. The minimum Gasteiger partial charge on any atom is -0.302 e. The number of azide groups is 2. The van der Waals surface area contributed by atoms with E-state index in [1.165, 1.54) is 0 Å². The molecular formula is C4H9N6O4P. The van der Waals surface area contributed by atoms with Crippen molar-refractivity contribution in [2.24, 2.45) is 10.2 Å². The third-order valence-electron chi connectivity index (χ3n) is 1.02. The Morgan fingerprint density at radius 2 is 1.53 bits per heavy atom. The van der Waals surface area contributed by atoms with Gasteiger partial charge in [-0.3, -0.25) is 9.05 Å². The predicted octanol–water partition coefficient (Wildman–Crippen LogP) is 1.74. The van der Waals surface area contributed by atoms with Crippen molar-refractivity contribution in [1.29, 1.82) is 0 Å². The molecule has 0 rings (SSSR count). The SMILES string of the molecule is [N-]=[N+]=NCCOP(=O)(O)OCCN=[N+]=[N-]. The van der Waals surface area contributed by atoms with E-state index in [2.05, 4.69) is 29.1 Å². The molecule has 0 aliphatic heterocycles. The molecule has 0 aliphatic carbocycles. The van der Waals surface area contributed by atoms with Crippen LogP contribution in [0.1, 0.15) is 0 Å². The smallest absolute Gasteiger partial charge is 0.302 e. The van der Waals surface area contributed by atoms with Gasteiger partial charge < -0.3 is 4.89 Å². The van der Waals surface area contributed by atoms with E-state index >= 15 is 0 Å². The monoisotopic (exact) mass is 236 g/mol. The summed E-state index contributed by atoms with van der Waals surface area (Å²) in [5.74, 6) is 0. The van der Waals surface area contributed by atoms with E-state index in [-0.39, 0.29) is 26.3 Å². The van der Waals surface area contributed by atoms with Gasteiger partial charge >= 0.3 is 7.82 Å². The highest BCUT2D eigenvalue weighted by atomic mass is 31.2. The number of phosphoric ester groups is 1. The highest BCUT2D eigenvalue weighted by Crippen LogP contribution is 2.42. The molecule has 0 amide bonds. The second-order valence-corrected chi connectivity index (χ2v) is 3.50. The Balaban J connectivity index is 3.71. The van der Waals surface area contributed by atoms with Crippen LogP contribution in [0.3, 0.4) is 0 Å². The highest BCUT2D eigenvalue weighted by Gasteiger charge is 2.19. The predicted molar refractivity (Wildman–Crippen MR) is 49.8 cm³/mol. The van der Waals surface area contributed by atoms with Crippen molar-refractivity contribution in [2.45, 2.75) is 0 Å². The number of hydrogen-bond donors (Lipinski definition) is 1. The molecule has 10 nitrogen and oxygen atoms in total. The second kappa shape index (κ2) is 8.07. The van der Waals surface area contributed by atoms with Crippen molar-refractivity contribution in [3.05, 3.63) is 20.9 Å². The summed E-state index contributed by atoms with van der Waals surface area (Å²) in [5.41, 5.74) is 15.8. The largest absolute Gasteiger partial charge is 0.472 e. The zero-order valence-electron chi connectivity index (χ0n) is 7.63. The lowest BCUT2D eigenvalue weighted by atomic mass is 10.8. The molecule has 0 spiro atoms. The lowest BCUT2D eigenvalue weighted by molar-refractivity contribution is 0.156. The van der Waals surface area contributed by atoms with E-state index in [1.807, 2.05) is 0 Å². The van der Waals surface area contributed by atoms with Gasteiger partial charge in [0.25, 0.3) is 0 Å². The molecule has 0 saturated heterocycles. The quantitative estimate of drug-likeness (QED) is 0.224. The lowest BCUT2D eigenvalue weighted by Crippen LogP contribution is -2.01. The molecule has 0 aromatic heterocycles. The van der Waals surface area contributed by atoms with Gasteiger partial charge in [-0.25, -0.2) is 4.57 Å².